The van der Waals surface area contributed by atoms with Crippen LogP contribution in [-0.4, -0.2) is 16.6 Å². The van der Waals surface area contributed by atoms with Crippen LogP contribution in [0.3, 0.4) is 0 Å². The number of nitro groups is 1. The van der Waals surface area contributed by atoms with E-state index in [-0.39, 0.29) is 10.6 Å². The number of nitro benzene ring substituents is 1. The first-order chi connectivity index (χ1) is 10.2. The number of hydrogen-bond donors (Lipinski definition) is 0. The molecule has 106 valence electrons. The van der Waals surface area contributed by atoms with Gasteiger partial charge < -0.3 is 9.30 Å². The van der Waals surface area contributed by atoms with Crippen molar-refractivity contribution in [3.63, 3.8) is 0 Å². The Hall–Kier alpha value is -2.82. The molecule has 0 saturated heterocycles. The minimum Gasteiger partial charge on any atom is -0.497 e. The topological polar surface area (TPSA) is 57.3 Å². The van der Waals surface area contributed by atoms with Gasteiger partial charge in [0.2, 0.25) is 0 Å². The number of nitrogens with zero attached hydrogens (tertiary/aromatic N) is 2. The van der Waals surface area contributed by atoms with E-state index in [1.807, 2.05) is 36.5 Å². The molecule has 5 heteroatoms. The van der Waals surface area contributed by atoms with Crippen LogP contribution in [0.15, 0.2) is 54.7 Å². The summed E-state index contributed by atoms with van der Waals surface area (Å²) in [5.41, 5.74) is 2.09. The van der Waals surface area contributed by atoms with Gasteiger partial charge in [-0.15, -0.1) is 0 Å². The summed E-state index contributed by atoms with van der Waals surface area (Å²) in [7, 11) is 1.64. The predicted molar refractivity (Wildman–Crippen MR) is 80.7 cm³/mol. The highest BCUT2D eigenvalue weighted by Gasteiger charge is 2.07. The Morgan fingerprint density at radius 2 is 2.05 bits per heavy atom. The van der Waals surface area contributed by atoms with E-state index in [1.54, 1.807) is 19.2 Å². The van der Waals surface area contributed by atoms with Crippen LogP contribution in [-0.2, 0) is 6.54 Å². The van der Waals surface area contributed by atoms with Gasteiger partial charge >= 0.3 is 0 Å². The lowest BCUT2D eigenvalue weighted by Crippen LogP contribution is -1.98. The molecule has 0 unspecified atom stereocenters. The van der Waals surface area contributed by atoms with Gasteiger partial charge in [-0.1, -0.05) is 12.1 Å². The zero-order chi connectivity index (χ0) is 14.8. The van der Waals surface area contributed by atoms with Crippen molar-refractivity contribution in [3.05, 3.63) is 70.4 Å². The van der Waals surface area contributed by atoms with E-state index in [0.717, 1.165) is 22.2 Å². The van der Waals surface area contributed by atoms with Crippen LogP contribution in [0, 0.1) is 10.1 Å². The van der Waals surface area contributed by atoms with E-state index in [1.165, 1.54) is 6.07 Å². The van der Waals surface area contributed by atoms with E-state index in [9.17, 15) is 10.1 Å². The molecule has 0 bridgehead atoms. The van der Waals surface area contributed by atoms with Crippen molar-refractivity contribution < 1.29 is 9.66 Å². The van der Waals surface area contributed by atoms with E-state index in [4.69, 9.17) is 4.74 Å². The molecule has 21 heavy (non-hydrogen) atoms. The van der Waals surface area contributed by atoms with Crippen molar-refractivity contribution in [2.45, 2.75) is 6.54 Å². The van der Waals surface area contributed by atoms with Crippen molar-refractivity contribution in [3.8, 4) is 5.75 Å². The van der Waals surface area contributed by atoms with E-state index in [2.05, 4.69) is 4.57 Å². The maximum atomic E-state index is 10.8. The van der Waals surface area contributed by atoms with Crippen LogP contribution in [0.5, 0.6) is 5.75 Å². The summed E-state index contributed by atoms with van der Waals surface area (Å²) in [5, 5.41) is 11.9. The zero-order valence-electron chi connectivity index (χ0n) is 11.5. The summed E-state index contributed by atoms with van der Waals surface area (Å²) < 4.78 is 7.27. The lowest BCUT2D eigenvalue weighted by atomic mass is 10.2. The minimum absolute atomic E-state index is 0.116. The highest BCUT2D eigenvalue weighted by molar-refractivity contribution is 5.81. The second kappa shape index (κ2) is 5.28. The molecule has 0 atom stereocenters. The molecule has 1 aromatic heterocycles. The Morgan fingerprint density at radius 1 is 1.19 bits per heavy atom. The monoisotopic (exact) mass is 282 g/mol. The summed E-state index contributed by atoms with van der Waals surface area (Å²) in [6, 6.07) is 14.6. The molecule has 0 aliphatic carbocycles. The van der Waals surface area contributed by atoms with Crippen molar-refractivity contribution in [1.29, 1.82) is 0 Å². The summed E-state index contributed by atoms with van der Waals surface area (Å²) in [6.07, 6.45) is 1.98. The second-order valence-corrected chi connectivity index (χ2v) is 4.80. The summed E-state index contributed by atoms with van der Waals surface area (Å²) in [4.78, 5) is 10.5. The van der Waals surface area contributed by atoms with Crippen LogP contribution in [0.1, 0.15) is 5.56 Å². The highest BCUT2D eigenvalue weighted by atomic mass is 16.6. The van der Waals surface area contributed by atoms with E-state index >= 15 is 0 Å². The van der Waals surface area contributed by atoms with Gasteiger partial charge in [0.15, 0.2) is 0 Å². The zero-order valence-corrected chi connectivity index (χ0v) is 11.5. The lowest BCUT2D eigenvalue weighted by molar-refractivity contribution is -0.384. The Kier molecular flexibility index (Phi) is 3.31. The highest BCUT2D eigenvalue weighted by Crippen LogP contribution is 2.23. The Labute approximate surface area is 121 Å². The number of non-ortho nitro benzene ring substituents is 1. The van der Waals surface area contributed by atoms with Crippen LogP contribution < -0.4 is 4.74 Å². The van der Waals surface area contributed by atoms with Crippen molar-refractivity contribution in [2.24, 2.45) is 0 Å². The number of benzene rings is 2. The third kappa shape index (κ3) is 2.58. The Bertz CT molecular complexity index is 808. The van der Waals surface area contributed by atoms with Gasteiger partial charge in [0, 0.05) is 35.8 Å². The third-order valence-electron chi connectivity index (χ3n) is 3.45. The molecule has 0 fully saturated rings. The fourth-order valence-corrected chi connectivity index (χ4v) is 2.41. The Balaban J connectivity index is 1.95. The van der Waals surface area contributed by atoms with Gasteiger partial charge in [-0.05, 0) is 29.8 Å². The Morgan fingerprint density at radius 3 is 2.81 bits per heavy atom. The smallest absolute Gasteiger partial charge is 0.269 e. The summed E-state index contributed by atoms with van der Waals surface area (Å²) in [5.74, 6) is 0.815. The average molecular weight is 282 g/mol. The van der Waals surface area contributed by atoms with Gasteiger partial charge in [0.05, 0.1) is 12.0 Å². The number of fused-ring (bicyclic) bond motifs is 1. The van der Waals surface area contributed by atoms with Crippen LogP contribution in [0.4, 0.5) is 5.69 Å². The minimum atomic E-state index is -0.373. The molecule has 0 aliphatic rings. The number of ether oxygens (including phenoxy) is 1. The van der Waals surface area contributed by atoms with Crippen LogP contribution in [0.25, 0.3) is 10.9 Å². The van der Waals surface area contributed by atoms with Gasteiger partial charge in [0.1, 0.15) is 5.75 Å². The molecule has 1 heterocycles. The number of aromatic nitrogens is 1. The normalized spacial score (nSPS) is 10.7. The first kappa shape index (κ1) is 13.2. The lowest BCUT2D eigenvalue weighted by Gasteiger charge is -2.06. The third-order valence-corrected chi connectivity index (χ3v) is 3.45. The molecule has 2 aromatic carbocycles. The van der Waals surface area contributed by atoms with Crippen LogP contribution >= 0.6 is 0 Å². The molecule has 0 amide bonds. The fourth-order valence-electron chi connectivity index (χ4n) is 2.41. The number of methoxy groups -OCH3 is 1. The maximum Gasteiger partial charge on any atom is 0.269 e. The van der Waals surface area contributed by atoms with Gasteiger partial charge in [0.25, 0.3) is 5.69 Å². The van der Waals surface area contributed by atoms with Crippen molar-refractivity contribution in [2.75, 3.05) is 7.11 Å². The molecule has 3 rings (SSSR count). The van der Waals surface area contributed by atoms with E-state index < -0.39 is 0 Å². The first-order valence-corrected chi connectivity index (χ1v) is 6.53. The molecule has 0 aliphatic heterocycles. The number of hydrogen-bond acceptors (Lipinski definition) is 3. The molecule has 0 spiro atoms. The fraction of sp³-hybridized carbons (Fsp3) is 0.125. The van der Waals surface area contributed by atoms with Gasteiger partial charge in [-0.3, -0.25) is 10.1 Å². The average Bonchev–Trinajstić information content (AvgIpc) is 2.89. The number of rotatable bonds is 4. The maximum absolute atomic E-state index is 10.8. The molecule has 0 radical (unpaired) electrons. The summed E-state index contributed by atoms with van der Waals surface area (Å²) in [6.45, 7) is 0.595. The standard InChI is InChI=1S/C16H14N2O3/c1-21-15-5-6-16-13(10-15)7-8-17(16)11-12-3-2-4-14(9-12)18(19)20/h2-10H,11H2,1H3. The largest absolute Gasteiger partial charge is 0.497 e. The second-order valence-electron chi connectivity index (χ2n) is 4.80. The van der Waals surface area contributed by atoms with Crippen molar-refractivity contribution in [1.82, 2.24) is 4.57 Å². The summed E-state index contributed by atoms with van der Waals surface area (Å²) >= 11 is 0. The SMILES string of the molecule is COc1ccc2c(ccn2Cc2cccc([N+](=O)[O-])c2)c1. The molecular formula is C16H14N2O3. The van der Waals surface area contributed by atoms with Gasteiger partial charge in [-0.2, -0.15) is 0 Å². The first-order valence-electron chi connectivity index (χ1n) is 6.53. The van der Waals surface area contributed by atoms with Crippen molar-refractivity contribution >= 4 is 16.6 Å². The molecule has 0 N–H and O–H groups in total. The predicted octanol–water partition coefficient (Wildman–Crippen LogP) is 3.61. The van der Waals surface area contributed by atoms with E-state index in [0.29, 0.717) is 6.54 Å². The molecule has 0 saturated carbocycles. The molecular weight excluding hydrogens is 268 g/mol. The molecule has 5 nitrogen and oxygen atoms in total. The quantitative estimate of drug-likeness (QED) is 0.542. The van der Waals surface area contributed by atoms with Gasteiger partial charge in [-0.25, -0.2) is 0 Å². The molecule has 3 aromatic rings. The van der Waals surface area contributed by atoms with Crippen LogP contribution in [0.2, 0.25) is 0 Å².